The second-order valence-corrected chi connectivity index (χ2v) is 8.15. The third kappa shape index (κ3) is 3.12. The topological polar surface area (TPSA) is 29.5 Å². The van der Waals surface area contributed by atoms with E-state index in [9.17, 15) is 5.11 Å². The largest absolute Gasteiger partial charge is 0.495 e. The first kappa shape index (κ1) is 15.7. The van der Waals surface area contributed by atoms with Crippen LogP contribution in [-0.4, -0.2) is 12.2 Å². The van der Waals surface area contributed by atoms with Crippen LogP contribution < -0.4 is 4.74 Å². The van der Waals surface area contributed by atoms with Gasteiger partial charge in [-0.25, -0.2) is 0 Å². The fraction of sp³-hybridized carbons (Fsp3) is 0.647. The number of methoxy groups -OCH3 is 1. The molecule has 1 N–H and O–H groups in total. The number of aliphatic hydroxyl groups is 1. The van der Waals surface area contributed by atoms with Crippen molar-refractivity contribution in [3.8, 4) is 5.75 Å². The second-order valence-electron chi connectivity index (χ2n) is 7.74. The predicted octanol–water partition coefficient (Wildman–Crippen LogP) is 4.77. The summed E-state index contributed by atoms with van der Waals surface area (Å²) in [6.07, 6.45) is 2.63. The van der Waals surface area contributed by atoms with Crippen molar-refractivity contribution >= 4 is 11.6 Å². The summed E-state index contributed by atoms with van der Waals surface area (Å²) in [5.41, 5.74) is 0.315. The van der Waals surface area contributed by atoms with Crippen LogP contribution in [0.5, 0.6) is 5.75 Å². The van der Waals surface area contributed by atoms with Gasteiger partial charge in [0.25, 0.3) is 0 Å². The van der Waals surface area contributed by atoms with Crippen molar-refractivity contribution in [1.82, 2.24) is 0 Å². The molecular weight excluding hydrogens is 272 g/mol. The van der Waals surface area contributed by atoms with Crippen molar-refractivity contribution in [2.24, 2.45) is 10.8 Å². The zero-order chi connectivity index (χ0) is 15.2. The monoisotopic (exact) mass is 296 g/mol. The molecule has 112 valence electrons. The van der Waals surface area contributed by atoms with E-state index in [0.29, 0.717) is 10.8 Å². The van der Waals surface area contributed by atoms with Gasteiger partial charge in [-0.15, -0.1) is 0 Å². The van der Waals surface area contributed by atoms with E-state index < -0.39 is 5.60 Å². The molecular formula is C17H25ClO2. The Balaban J connectivity index is 2.43. The Morgan fingerprint density at radius 3 is 2.10 bits per heavy atom. The summed E-state index contributed by atoms with van der Waals surface area (Å²) in [6.45, 7) is 8.91. The Morgan fingerprint density at radius 2 is 1.60 bits per heavy atom. The molecule has 0 aromatic heterocycles. The van der Waals surface area contributed by atoms with Crippen LogP contribution in [0.3, 0.4) is 0 Å². The van der Waals surface area contributed by atoms with Crippen LogP contribution in [0.4, 0.5) is 0 Å². The summed E-state index contributed by atoms with van der Waals surface area (Å²) in [7, 11) is 1.60. The molecule has 0 radical (unpaired) electrons. The zero-order valence-electron chi connectivity index (χ0n) is 13.1. The average Bonchev–Trinajstić information content (AvgIpc) is 2.24. The lowest BCUT2D eigenvalue weighted by atomic mass is 9.58. The number of hydrogen-bond donors (Lipinski definition) is 1. The van der Waals surface area contributed by atoms with Crippen LogP contribution in [0.15, 0.2) is 18.2 Å². The van der Waals surface area contributed by atoms with Crippen molar-refractivity contribution in [3.05, 3.63) is 28.8 Å². The molecule has 1 saturated carbocycles. The van der Waals surface area contributed by atoms with E-state index in [4.69, 9.17) is 16.3 Å². The Hall–Kier alpha value is -0.730. The summed E-state index contributed by atoms with van der Waals surface area (Å²) >= 11 is 6.09. The van der Waals surface area contributed by atoms with Gasteiger partial charge in [-0.1, -0.05) is 45.4 Å². The molecule has 0 heterocycles. The van der Waals surface area contributed by atoms with E-state index >= 15 is 0 Å². The maximum absolute atomic E-state index is 11.2. The van der Waals surface area contributed by atoms with Gasteiger partial charge in [0, 0.05) is 0 Å². The van der Waals surface area contributed by atoms with Gasteiger partial charge < -0.3 is 9.84 Å². The molecule has 3 heteroatoms. The van der Waals surface area contributed by atoms with E-state index in [1.165, 1.54) is 0 Å². The molecule has 0 bridgehead atoms. The Morgan fingerprint density at radius 1 is 1.05 bits per heavy atom. The van der Waals surface area contributed by atoms with Crippen LogP contribution in [0, 0.1) is 10.8 Å². The molecule has 1 aromatic carbocycles. The minimum Gasteiger partial charge on any atom is -0.495 e. The first-order valence-corrected chi connectivity index (χ1v) is 7.51. The number of hydrogen-bond acceptors (Lipinski definition) is 2. The highest BCUT2D eigenvalue weighted by molar-refractivity contribution is 6.32. The molecule has 1 aliphatic carbocycles. The third-order valence-electron chi connectivity index (χ3n) is 4.19. The lowest BCUT2D eigenvalue weighted by Crippen LogP contribution is -2.44. The van der Waals surface area contributed by atoms with E-state index in [1.54, 1.807) is 7.11 Å². The first-order valence-electron chi connectivity index (χ1n) is 7.13. The van der Waals surface area contributed by atoms with Crippen molar-refractivity contribution in [1.29, 1.82) is 0 Å². The lowest BCUT2D eigenvalue weighted by molar-refractivity contribution is -0.0913. The van der Waals surface area contributed by atoms with E-state index in [-0.39, 0.29) is 10.8 Å². The van der Waals surface area contributed by atoms with Gasteiger partial charge in [0.2, 0.25) is 0 Å². The number of halogens is 1. The number of ether oxygens (including phenoxy) is 1. The Kier molecular flexibility index (Phi) is 3.85. The van der Waals surface area contributed by atoms with Gasteiger partial charge in [-0.05, 0) is 47.8 Å². The van der Waals surface area contributed by atoms with Crippen molar-refractivity contribution in [2.75, 3.05) is 7.11 Å². The molecule has 2 nitrogen and oxygen atoms in total. The van der Waals surface area contributed by atoms with Crippen LogP contribution in [-0.2, 0) is 5.60 Å². The molecule has 0 unspecified atom stereocenters. The third-order valence-corrected chi connectivity index (χ3v) is 4.50. The Bertz CT molecular complexity index is 490. The van der Waals surface area contributed by atoms with Crippen molar-refractivity contribution in [3.63, 3.8) is 0 Å². The fourth-order valence-corrected chi connectivity index (χ4v) is 4.41. The standard InChI is InChI=1S/C17H25ClO2/c1-15(2)9-16(3,4)11-17(19,10-15)12-6-7-13(18)14(8-12)20-5/h6-8,19H,9-11H2,1-5H3. The minimum atomic E-state index is -0.816. The van der Waals surface area contributed by atoms with Crippen LogP contribution in [0.2, 0.25) is 5.02 Å². The molecule has 0 saturated heterocycles. The first-order chi connectivity index (χ1) is 9.07. The van der Waals surface area contributed by atoms with Gasteiger partial charge in [-0.2, -0.15) is 0 Å². The summed E-state index contributed by atoms with van der Waals surface area (Å²) in [5.74, 6) is 0.624. The molecule has 0 spiro atoms. The molecule has 0 amide bonds. The Labute approximate surface area is 127 Å². The predicted molar refractivity (Wildman–Crippen MR) is 83.3 cm³/mol. The molecule has 1 fully saturated rings. The smallest absolute Gasteiger partial charge is 0.137 e. The summed E-state index contributed by atoms with van der Waals surface area (Å²) in [4.78, 5) is 0. The summed E-state index contributed by atoms with van der Waals surface area (Å²) in [6, 6.07) is 5.60. The van der Waals surface area contributed by atoms with E-state index in [0.717, 1.165) is 24.8 Å². The average molecular weight is 297 g/mol. The number of rotatable bonds is 2. The molecule has 2 rings (SSSR count). The highest BCUT2D eigenvalue weighted by Crippen LogP contribution is 2.54. The SMILES string of the molecule is COc1cc(C2(O)CC(C)(C)CC(C)(C)C2)ccc1Cl. The van der Waals surface area contributed by atoms with Gasteiger partial charge in [0.1, 0.15) is 5.75 Å². The lowest BCUT2D eigenvalue weighted by Gasteiger charge is -2.49. The fourth-order valence-electron chi connectivity index (χ4n) is 4.22. The van der Waals surface area contributed by atoms with Gasteiger partial charge in [0.15, 0.2) is 0 Å². The molecule has 20 heavy (non-hydrogen) atoms. The van der Waals surface area contributed by atoms with Gasteiger partial charge in [-0.3, -0.25) is 0 Å². The van der Waals surface area contributed by atoms with Crippen molar-refractivity contribution < 1.29 is 9.84 Å². The maximum atomic E-state index is 11.2. The van der Waals surface area contributed by atoms with E-state index in [2.05, 4.69) is 27.7 Å². The second kappa shape index (κ2) is 4.92. The minimum absolute atomic E-state index is 0.114. The van der Waals surface area contributed by atoms with Gasteiger partial charge >= 0.3 is 0 Å². The normalized spacial score (nSPS) is 23.4. The van der Waals surface area contributed by atoms with Crippen molar-refractivity contribution in [2.45, 2.75) is 52.6 Å². The number of benzene rings is 1. The van der Waals surface area contributed by atoms with Gasteiger partial charge in [0.05, 0.1) is 17.7 Å². The quantitative estimate of drug-likeness (QED) is 0.851. The van der Waals surface area contributed by atoms with Crippen LogP contribution in [0.25, 0.3) is 0 Å². The molecule has 0 aliphatic heterocycles. The van der Waals surface area contributed by atoms with Crippen LogP contribution >= 0.6 is 11.6 Å². The van der Waals surface area contributed by atoms with Crippen LogP contribution in [0.1, 0.15) is 52.5 Å². The highest BCUT2D eigenvalue weighted by atomic mass is 35.5. The summed E-state index contributed by atoms with van der Waals surface area (Å²) < 4.78 is 5.28. The zero-order valence-corrected chi connectivity index (χ0v) is 13.8. The maximum Gasteiger partial charge on any atom is 0.137 e. The molecule has 1 aliphatic rings. The van der Waals surface area contributed by atoms with E-state index in [1.807, 2.05) is 18.2 Å². The molecule has 0 atom stereocenters. The summed E-state index contributed by atoms with van der Waals surface area (Å²) in [5, 5.41) is 11.8. The molecule has 1 aromatic rings. The highest BCUT2D eigenvalue weighted by Gasteiger charge is 2.47.